The number of aryl methyl sites for hydroxylation is 2. The van der Waals surface area contributed by atoms with Gasteiger partial charge >= 0.3 is 0 Å². The van der Waals surface area contributed by atoms with Crippen molar-refractivity contribution in [2.75, 3.05) is 11.9 Å². The van der Waals surface area contributed by atoms with Gasteiger partial charge in [-0.1, -0.05) is 68.5 Å². The van der Waals surface area contributed by atoms with Crippen molar-refractivity contribution in [3.63, 3.8) is 0 Å². The Morgan fingerprint density at radius 3 is 2.76 bits per heavy atom. The number of halogens is 1. The topological polar surface area (TPSA) is 42.2 Å². The van der Waals surface area contributed by atoms with E-state index < -0.39 is 0 Å². The molecule has 1 fully saturated rings. The zero-order chi connectivity index (χ0) is 20.9. The van der Waals surface area contributed by atoms with Gasteiger partial charge in [0.2, 0.25) is 0 Å². The Labute approximate surface area is 190 Å². The van der Waals surface area contributed by atoms with E-state index in [4.69, 9.17) is 0 Å². The molecule has 0 saturated heterocycles. The van der Waals surface area contributed by atoms with Crippen molar-refractivity contribution in [3.05, 3.63) is 23.7 Å². The molecule has 0 amide bonds. The Bertz CT molecular complexity index is 787. The average Bonchev–Trinajstić information content (AvgIpc) is 3.06. The van der Waals surface area contributed by atoms with Crippen LogP contribution in [0.3, 0.4) is 0 Å². The summed E-state index contributed by atoms with van der Waals surface area (Å²) in [5.74, 6) is 0.738. The largest absolute Gasteiger partial charge is 0.382 e. The molecule has 0 radical (unpaired) electrons. The van der Waals surface area contributed by atoms with E-state index in [1.807, 2.05) is 17.6 Å². The maximum atomic E-state index is 4.68. The summed E-state index contributed by atoms with van der Waals surface area (Å²) in [6, 6.07) is 2.15. The molecule has 1 aliphatic rings. The fourth-order valence-electron chi connectivity index (χ4n) is 4.84. The zero-order valence-corrected chi connectivity index (χ0v) is 21.0. The summed E-state index contributed by atoms with van der Waals surface area (Å²) in [7, 11) is 0. The minimum Gasteiger partial charge on any atom is -0.382 e. The first-order valence-electron chi connectivity index (χ1n) is 11.6. The molecule has 2 heterocycles. The highest BCUT2D eigenvalue weighted by Gasteiger charge is 2.32. The fraction of sp³-hybridized carbons (Fsp3) is 0.750. The van der Waals surface area contributed by atoms with Crippen molar-refractivity contribution in [2.45, 2.75) is 95.8 Å². The van der Waals surface area contributed by atoms with Gasteiger partial charge in [0.25, 0.3) is 0 Å². The highest BCUT2D eigenvalue weighted by molar-refractivity contribution is 14.1. The molecule has 5 heteroatoms. The molecule has 1 saturated carbocycles. The number of aromatic nitrogens is 3. The van der Waals surface area contributed by atoms with Crippen LogP contribution in [0.5, 0.6) is 0 Å². The van der Waals surface area contributed by atoms with Gasteiger partial charge in [0.1, 0.15) is 0 Å². The number of imidazole rings is 1. The Balaban J connectivity index is 1.69. The molecule has 3 unspecified atom stereocenters. The normalized spacial score (nSPS) is 25.1. The summed E-state index contributed by atoms with van der Waals surface area (Å²) in [4.78, 5) is 4.68. The second-order valence-corrected chi connectivity index (χ2v) is 11.0. The van der Waals surface area contributed by atoms with Gasteiger partial charge in [-0.25, -0.2) is 9.50 Å². The van der Waals surface area contributed by atoms with Gasteiger partial charge in [-0.15, -0.1) is 0 Å². The number of hydrogen-bond acceptors (Lipinski definition) is 3. The lowest BCUT2D eigenvalue weighted by molar-refractivity contribution is 0.219. The molecule has 2 aromatic heterocycles. The van der Waals surface area contributed by atoms with Crippen LogP contribution in [0, 0.1) is 25.2 Å². The standard InChI is InChI=1S/C24H39IN4/c1-5-10-22(25)24(4)13-9-7-6-8-11-20(12-14-24)16-26-21-15-18(2)28-29-17-19(3)27-23(21)29/h15,17,20,22,26H,5-14,16H2,1-4H3. The highest BCUT2D eigenvalue weighted by Crippen LogP contribution is 2.42. The van der Waals surface area contributed by atoms with Gasteiger partial charge < -0.3 is 5.32 Å². The molecule has 4 nitrogen and oxygen atoms in total. The van der Waals surface area contributed by atoms with Crippen molar-refractivity contribution < 1.29 is 0 Å². The number of alkyl halides is 1. The molecule has 2 aromatic rings. The lowest BCUT2D eigenvalue weighted by Crippen LogP contribution is -2.30. The molecule has 162 valence electrons. The van der Waals surface area contributed by atoms with Gasteiger partial charge in [-0.2, -0.15) is 5.10 Å². The van der Waals surface area contributed by atoms with E-state index in [2.05, 4.69) is 64.8 Å². The third kappa shape index (κ3) is 6.08. The van der Waals surface area contributed by atoms with Gasteiger partial charge in [-0.05, 0) is 63.4 Å². The van der Waals surface area contributed by atoms with Crippen LogP contribution in [0.4, 0.5) is 5.69 Å². The van der Waals surface area contributed by atoms with E-state index in [1.165, 1.54) is 64.2 Å². The van der Waals surface area contributed by atoms with Crippen LogP contribution in [-0.2, 0) is 0 Å². The minimum absolute atomic E-state index is 0.493. The van der Waals surface area contributed by atoms with Gasteiger partial charge in [0.05, 0.1) is 23.3 Å². The summed E-state index contributed by atoms with van der Waals surface area (Å²) >= 11 is 2.75. The number of rotatable bonds is 6. The monoisotopic (exact) mass is 510 g/mol. The van der Waals surface area contributed by atoms with E-state index in [0.717, 1.165) is 39.1 Å². The molecule has 29 heavy (non-hydrogen) atoms. The summed E-state index contributed by atoms with van der Waals surface area (Å²) < 4.78 is 2.72. The average molecular weight is 511 g/mol. The van der Waals surface area contributed by atoms with E-state index in [0.29, 0.717) is 5.41 Å². The van der Waals surface area contributed by atoms with Crippen molar-refractivity contribution in [1.82, 2.24) is 14.6 Å². The van der Waals surface area contributed by atoms with E-state index in [1.54, 1.807) is 0 Å². The predicted octanol–water partition coefficient (Wildman–Crippen LogP) is 7.12. The quantitative estimate of drug-likeness (QED) is 0.332. The van der Waals surface area contributed by atoms with Crippen LogP contribution in [-0.4, -0.2) is 25.1 Å². The van der Waals surface area contributed by atoms with E-state index in [-0.39, 0.29) is 0 Å². The summed E-state index contributed by atoms with van der Waals surface area (Å²) in [6.07, 6.45) is 15.7. The maximum absolute atomic E-state index is 4.68. The molecular weight excluding hydrogens is 471 g/mol. The number of anilines is 1. The SMILES string of the molecule is CCCC(I)C1(C)CCCCCCC(CNc2cc(C)nn3cc(C)nc23)CC1. The molecule has 1 aliphatic carbocycles. The smallest absolute Gasteiger partial charge is 0.177 e. The molecule has 1 N–H and O–H groups in total. The Kier molecular flexibility index (Phi) is 8.23. The van der Waals surface area contributed by atoms with Crippen molar-refractivity contribution in [2.24, 2.45) is 11.3 Å². The van der Waals surface area contributed by atoms with Crippen LogP contribution in [0.15, 0.2) is 12.3 Å². The second-order valence-electron chi connectivity index (χ2n) is 9.50. The maximum Gasteiger partial charge on any atom is 0.177 e. The third-order valence-corrected chi connectivity index (χ3v) is 8.91. The fourth-order valence-corrected chi connectivity index (χ4v) is 6.09. The molecule has 0 aromatic carbocycles. The molecule has 0 aliphatic heterocycles. The van der Waals surface area contributed by atoms with Crippen LogP contribution in [0.1, 0.15) is 89.4 Å². The predicted molar refractivity (Wildman–Crippen MR) is 132 cm³/mol. The van der Waals surface area contributed by atoms with Gasteiger partial charge in [-0.3, -0.25) is 0 Å². The first kappa shape index (κ1) is 22.8. The Morgan fingerprint density at radius 2 is 1.97 bits per heavy atom. The summed E-state index contributed by atoms with van der Waals surface area (Å²) in [5.41, 5.74) is 4.62. The highest BCUT2D eigenvalue weighted by atomic mass is 127. The molecule has 3 rings (SSSR count). The third-order valence-electron chi connectivity index (χ3n) is 6.78. The number of fused-ring (bicyclic) bond motifs is 1. The van der Waals surface area contributed by atoms with Gasteiger partial charge in [0, 0.05) is 10.5 Å². The summed E-state index contributed by atoms with van der Waals surface area (Å²) in [5, 5.41) is 8.32. The zero-order valence-electron chi connectivity index (χ0n) is 18.8. The Morgan fingerprint density at radius 1 is 1.17 bits per heavy atom. The second kappa shape index (κ2) is 10.5. The van der Waals surface area contributed by atoms with Gasteiger partial charge in [0.15, 0.2) is 5.65 Å². The molecule has 0 spiro atoms. The lowest BCUT2D eigenvalue weighted by atomic mass is 9.73. The number of hydrogen-bond donors (Lipinski definition) is 1. The van der Waals surface area contributed by atoms with Crippen molar-refractivity contribution >= 4 is 33.9 Å². The van der Waals surface area contributed by atoms with Crippen LogP contribution >= 0.6 is 22.6 Å². The lowest BCUT2D eigenvalue weighted by Gasteiger charge is -2.37. The van der Waals surface area contributed by atoms with Crippen molar-refractivity contribution in [1.29, 1.82) is 0 Å². The number of nitrogens with zero attached hydrogens (tertiary/aromatic N) is 3. The van der Waals surface area contributed by atoms with Crippen LogP contribution in [0.25, 0.3) is 5.65 Å². The molecule has 3 atom stereocenters. The van der Waals surface area contributed by atoms with E-state index in [9.17, 15) is 0 Å². The van der Waals surface area contributed by atoms with Crippen LogP contribution < -0.4 is 5.32 Å². The Hall–Kier alpha value is -0.850. The minimum atomic E-state index is 0.493. The molecule has 0 bridgehead atoms. The number of nitrogens with one attached hydrogen (secondary N) is 1. The first-order valence-corrected chi connectivity index (χ1v) is 12.9. The van der Waals surface area contributed by atoms with E-state index >= 15 is 0 Å². The summed E-state index contributed by atoms with van der Waals surface area (Å²) in [6.45, 7) is 10.0. The molecular formula is C24H39IN4. The van der Waals surface area contributed by atoms with Crippen LogP contribution in [0.2, 0.25) is 0 Å². The first-order chi connectivity index (χ1) is 13.9. The van der Waals surface area contributed by atoms with Crippen molar-refractivity contribution in [3.8, 4) is 0 Å².